The molecule has 100 valence electrons. The van der Waals surface area contributed by atoms with Crippen molar-refractivity contribution in [1.29, 1.82) is 0 Å². The SMILES string of the molecule is CCC(P)(P)C(C)(c1ccccc1)c1ccccc1. The lowest BCUT2D eigenvalue weighted by Crippen LogP contribution is -2.40. The minimum Gasteiger partial charge on any atom is -0.126 e. The zero-order valence-corrected chi connectivity index (χ0v) is 13.9. The van der Waals surface area contributed by atoms with Gasteiger partial charge in [0.05, 0.1) is 0 Å². The van der Waals surface area contributed by atoms with Gasteiger partial charge in [-0.25, -0.2) is 0 Å². The first kappa shape index (κ1) is 14.7. The first-order chi connectivity index (χ1) is 9.02. The van der Waals surface area contributed by atoms with Crippen LogP contribution in [0.1, 0.15) is 31.4 Å². The van der Waals surface area contributed by atoms with Crippen LogP contribution in [0.5, 0.6) is 0 Å². The summed E-state index contributed by atoms with van der Waals surface area (Å²) in [4.78, 5) is 0.0374. The van der Waals surface area contributed by atoms with Crippen molar-refractivity contribution in [3.8, 4) is 0 Å². The fraction of sp³-hybridized carbons (Fsp3) is 0.294. The van der Waals surface area contributed by atoms with Crippen LogP contribution in [0.2, 0.25) is 0 Å². The summed E-state index contributed by atoms with van der Waals surface area (Å²) in [5.74, 6) is 0. The van der Waals surface area contributed by atoms with Gasteiger partial charge in [0.2, 0.25) is 0 Å². The van der Waals surface area contributed by atoms with Crippen LogP contribution in [-0.4, -0.2) is 4.90 Å². The Bertz CT molecular complexity index is 478. The van der Waals surface area contributed by atoms with E-state index in [2.05, 4.69) is 93.0 Å². The first-order valence-electron chi connectivity index (χ1n) is 6.71. The van der Waals surface area contributed by atoms with Gasteiger partial charge in [-0.05, 0) is 17.5 Å². The van der Waals surface area contributed by atoms with E-state index in [9.17, 15) is 0 Å². The minimum atomic E-state index is -0.0421. The predicted molar refractivity (Wildman–Crippen MR) is 91.8 cm³/mol. The summed E-state index contributed by atoms with van der Waals surface area (Å²) in [6.07, 6.45) is 1.07. The lowest BCUT2D eigenvalue weighted by Gasteiger charge is -2.44. The van der Waals surface area contributed by atoms with E-state index in [1.165, 1.54) is 11.1 Å². The molecule has 2 atom stereocenters. The number of rotatable bonds is 4. The minimum absolute atomic E-state index is 0.0374. The Kier molecular flexibility index (Phi) is 4.44. The molecule has 0 aromatic heterocycles. The van der Waals surface area contributed by atoms with E-state index in [1.54, 1.807) is 0 Å². The van der Waals surface area contributed by atoms with Crippen LogP contribution in [0.4, 0.5) is 0 Å². The third kappa shape index (κ3) is 2.62. The average molecular weight is 288 g/mol. The van der Waals surface area contributed by atoms with E-state index < -0.39 is 0 Å². The molecule has 0 aliphatic rings. The largest absolute Gasteiger partial charge is 0.126 e. The molecule has 0 aliphatic carbocycles. The quantitative estimate of drug-likeness (QED) is 0.706. The summed E-state index contributed by atoms with van der Waals surface area (Å²) in [7, 11) is 6.09. The molecule has 0 saturated carbocycles. The molecule has 0 amide bonds. The Morgan fingerprint density at radius 1 is 0.789 bits per heavy atom. The second-order valence-corrected chi connectivity index (χ2v) is 7.98. The van der Waals surface area contributed by atoms with Gasteiger partial charge in [-0.1, -0.05) is 74.5 Å². The molecule has 2 aromatic carbocycles. The van der Waals surface area contributed by atoms with Gasteiger partial charge in [-0.15, -0.1) is 18.5 Å². The molecule has 0 radical (unpaired) electrons. The summed E-state index contributed by atoms with van der Waals surface area (Å²) in [5.41, 5.74) is 2.67. The molecule has 0 spiro atoms. The lowest BCUT2D eigenvalue weighted by atomic mass is 9.72. The molecule has 2 rings (SSSR count). The van der Waals surface area contributed by atoms with Crippen molar-refractivity contribution in [2.24, 2.45) is 0 Å². The third-order valence-electron chi connectivity index (χ3n) is 4.22. The van der Waals surface area contributed by atoms with Gasteiger partial charge in [0.1, 0.15) is 0 Å². The standard InChI is InChI=1S/C17H22P2/c1-3-17(18,19)16(2,14-10-6-4-7-11-14)15-12-8-5-9-13-15/h4-13H,3,18-19H2,1-2H3. The number of benzene rings is 2. The fourth-order valence-electron chi connectivity index (χ4n) is 2.60. The molecule has 0 heterocycles. The van der Waals surface area contributed by atoms with Gasteiger partial charge >= 0.3 is 0 Å². The van der Waals surface area contributed by atoms with Crippen molar-refractivity contribution < 1.29 is 0 Å². The molecule has 0 nitrogen and oxygen atoms in total. The summed E-state index contributed by atoms with van der Waals surface area (Å²) in [6.45, 7) is 4.57. The summed E-state index contributed by atoms with van der Waals surface area (Å²) < 4.78 is 0. The van der Waals surface area contributed by atoms with E-state index in [0.29, 0.717) is 0 Å². The van der Waals surface area contributed by atoms with E-state index in [1.807, 2.05) is 0 Å². The second kappa shape index (κ2) is 5.74. The second-order valence-electron chi connectivity index (χ2n) is 5.25. The Morgan fingerprint density at radius 2 is 1.16 bits per heavy atom. The first-order valence-corrected chi connectivity index (χ1v) is 7.86. The lowest BCUT2D eigenvalue weighted by molar-refractivity contribution is 0.492. The molecule has 0 fully saturated rings. The van der Waals surface area contributed by atoms with Crippen molar-refractivity contribution in [2.45, 2.75) is 30.6 Å². The molecule has 2 unspecified atom stereocenters. The predicted octanol–water partition coefficient (Wildman–Crippen LogP) is 4.85. The normalized spacial score (nSPS) is 12.4. The Balaban J connectivity index is 2.65. The Morgan fingerprint density at radius 3 is 1.47 bits per heavy atom. The highest BCUT2D eigenvalue weighted by atomic mass is 31.1. The molecule has 0 aliphatic heterocycles. The molecular weight excluding hydrogens is 266 g/mol. The molecule has 0 bridgehead atoms. The third-order valence-corrected chi connectivity index (χ3v) is 6.19. The maximum atomic E-state index is 3.05. The van der Waals surface area contributed by atoms with Gasteiger partial charge in [0.25, 0.3) is 0 Å². The van der Waals surface area contributed by atoms with Crippen LogP contribution in [0, 0.1) is 0 Å². The summed E-state index contributed by atoms with van der Waals surface area (Å²) in [6, 6.07) is 21.6. The molecule has 0 N–H and O–H groups in total. The Hall–Kier alpha value is -0.700. The number of hydrogen-bond acceptors (Lipinski definition) is 0. The molecular formula is C17H22P2. The molecule has 0 saturated heterocycles. The molecule has 19 heavy (non-hydrogen) atoms. The van der Waals surface area contributed by atoms with Gasteiger partial charge in [0, 0.05) is 10.3 Å². The zero-order chi connectivity index (χ0) is 13.9. The maximum Gasteiger partial charge on any atom is 0.0299 e. The van der Waals surface area contributed by atoms with Crippen molar-refractivity contribution in [3.63, 3.8) is 0 Å². The van der Waals surface area contributed by atoms with E-state index in [0.717, 1.165) is 6.42 Å². The van der Waals surface area contributed by atoms with Crippen LogP contribution in [0.15, 0.2) is 60.7 Å². The van der Waals surface area contributed by atoms with Crippen molar-refractivity contribution in [2.75, 3.05) is 0 Å². The highest BCUT2D eigenvalue weighted by molar-refractivity contribution is 7.40. The van der Waals surface area contributed by atoms with Crippen LogP contribution in [-0.2, 0) is 5.41 Å². The molecule has 2 aromatic rings. The van der Waals surface area contributed by atoms with Crippen molar-refractivity contribution >= 4 is 18.5 Å². The average Bonchev–Trinajstić information content (AvgIpc) is 2.48. The van der Waals surface area contributed by atoms with Gasteiger partial charge in [-0.2, -0.15) is 0 Å². The Labute approximate surface area is 121 Å². The van der Waals surface area contributed by atoms with Crippen LogP contribution < -0.4 is 0 Å². The highest BCUT2D eigenvalue weighted by Gasteiger charge is 2.42. The highest BCUT2D eigenvalue weighted by Crippen LogP contribution is 2.52. The van der Waals surface area contributed by atoms with E-state index in [-0.39, 0.29) is 10.3 Å². The van der Waals surface area contributed by atoms with Crippen molar-refractivity contribution in [3.05, 3.63) is 71.8 Å². The van der Waals surface area contributed by atoms with E-state index >= 15 is 0 Å². The van der Waals surface area contributed by atoms with Crippen LogP contribution in [0.3, 0.4) is 0 Å². The monoisotopic (exact) mass is 288 g/mol. The smallest absolute Gasteiger partial charge is 0.0299 e. The van der Waals surface area contributed by atoms with Crippen LogP contribution in [0.25, 0.3) is 0 Å². The fourth-order valence-corrected chi connectivity index (χ4v) is 3.27. The van der Waals surface area contributed by atoms with Gasteiger partial charge in [0.15, 0.2) is 0 Å². The maximum absolute atomic E-state index is 3.05. The number of hydrogen-bond donors (Lipinski definition) is 0. The van der Waals surface area contributed by atoms with Crippen molar-refractivity contribution in [1.82, 2.24) is 0 Å². The van der Waals surface area contributed by atoms with Gasteiger partial charge in [-0.3, -0.25) is 0 Å². The zero-order valence-electron chi connectivity index (χ0n) is 11.6. The van der Waals surface area contributed by atoms with E-state index in [4.69, 9.17) is 0 Å². The molecule has 2 heteroatoms. The van der Waals surface area contributed by atoms with Crippen LogP contribution >= 0.6 is 18.5 Å². The van der Waals surface area contributed by atoms with Gasteiger partial charge < -0.3 is 0 Å². The summed E-state index contributed by atoms with van der Waals surface area (Å²) in [5, 5.41) is 0. The topological polar surface area (TPSA) is 0 Å². The summed E-state index contributed by atoms with van der Waals surface area (Å²) >= 11 is 0.